The van der Waals surface area contributed by atoms with Crippen LogP contribution in [0.2, 0.25) is 0 Å². The summed E-state index contributed by atoms with van der Waals surface area (Å²) in [6, 6.07) is 38.8. The second-order valence-corrected chi connectivity index (χ2v) is 15.7. The number of benzene rings is 6. The fraction of sp³-hybridized carbons (Fsp3) is 0.309. The summed E-state index contributed by atoms with van der Waals surface area (Å²) in [5, 5.41) is 31.1. The van der Waals surface area contributed by atoms with Crippen molar-refractivity contribution in [2.24, 2.45) is 0 Å². The van der Waals surface area contributed by atoms with Gasteiger partial charge in [0.1, 0.15) is 34.5 Å². The summed E-state index contributed by atoms with van der Waals surface area (Å²) in [6.45, 7) is 5.72. The van der Waals surface area contributed by atoms with Gasteiger partial charge in [-0.15, -0.1) is 0 Å². The standard InChI is InChI=1S/C41H50O5.C14H12O3/c1-3-5-7-9-11-13-27-45-35-23-25-37(39(42)29-35)31-15-19-33(20-16-31)41(44)34-21-17-32(18-22-34)38-26-24-36(30-40(38)43)46-28-14-12-10-8-6-4-2;1-17-11-7-8-12(13(15)9-11)14(16)10-5-3-2-4-6-10/h15-26,29-30,42-43H,3-14,27-28H2,1-2H3;2-9,15H,1H3. The molecule has 6 aromatic rings. The van der Waals surface area contributed by atoms with Gasteiger partial charge in [0.05, 0.1) is 25.9 Å². The van der Waals surface area contributed by atoms with Gasteiger partial charge in [-0.3, -0.25) is 9.59 Å². The molecule has 0 fully saturated rings. The van der Waals surface area contributed by atoms with Crippen LogP contribution >= 0.6 is 0 Å². The molecule has 0 unspecified atom stereocenters. The molecule has 0 atom stereocenters. The van der Waals surface area contributed by atoms with Gasteiger partial charge in [-0.05, 0) is 60.4 Å². The molecule has 0 heterocycles. The summed E-state index contributed by atoms with van der Waals surface area (Å²) in [5.74, 6) is 1.77. The molecule has 330 valence electrons. The highest BCUT2D eigenvalue weighted by Crippen LogP contribution is 2.35. The van der Waals surface area contributed by atoms with Crippen molar-refractivity contribution < 1.29 is 39.1 Å². The molecule has 6 aromatic carbocycles. The first-order valence-corrected chi connectivity index (χ1v) is 22.4. The average molecular weight is 851 g/mol. The van der Waals surface area contributed by atoms with Crippen LogP contribution in [0.5, 0.6) is 34.5 Å². The van der Waals surface area contributed by atoms with Crippen molar-refractivity contribution in [3.05, 3.63) is 156 Å². The molecule has 8 nitrogen and oxygen atoms in total. The van der Waals surface area contributed by atoms with Crippen molar-refractivity contribution in [3.63, 3.8) is 0 Å². The number of phenolic OH excluding ortho intramolecular Hbond substituents is 3. The van der Waals surface area contributed by atoms with Crippen LogP contribution in [-0.4, -0.2) is 47.2 Å². The maximum Gasteiger partial charge on any atom is 0.196 e. The monoisotopic (exact) mass is 850 g/mol. The van der Waals surface area contributed by atoms with Gasteiger partial charge in [-0.2, -0.15) is 0 Å². The van der Waals surface area contributed by atoms with Gasteiger partial charge >= 0.3 is 0 Å². The number of rotatable bonds is 23. The third kappa shape index (κ3) is 14.5. The van der Waals surface area contributed by atoms with Crippen molar-refractivity contribution in [1.82, 2.24) is 0 Å². The summed E-state index contributed by atoms with van der Waals surface area (Å²) in [7, 11) is 1.51. The van der Waals surface area contributed by atoms with E-state index < -0.39 is 0 Å². The molecule has 0 aromatic heterocycles. The van der Waals surface area contributed by atoms with Gasteiger partial charge in [0.25, 0.3) is 0 Å². The van der Waals surface area contributed by atoms with Crippen molar-refractivity contribution >= 4 is 11.6 Å². The summed E-state index contributed by atoms with van der Waals surface area (Å²) < 4.78 is 16.6. The van der Waals surface area contributed by atoms with E-state index in [1.54, 1.807) is 72.8 Å². The van der Waals surface area contributed by atoms with Crippen LogP contribution < -0.4 is 14.2 Å². The largest absolute Gasteiger partial charge is 0.507 e. The summed E-state index contributed by atoms with van der Waals surface area (Å²) in [5.41, 5.74) is 4.96. The molecule has 63 heavy (non-hydrogen) atoms. The van der Waals surface area contributed by atoms with Crippen LogP contribution in [0, 0.1) is 0 Å². The van der Waals surface area contributed by atoms with Crippen LogP contribution in [0.3, 0.4) is 0 Å². The summed E-state index contributed by atoms with van der Waals surface area (Å²) in [4.78, 5) is 25.3. The van der Waals surface area contributed by atoms with Crippen LogP contribution in [0.1, 0.15) is 123 Å². The lowest BCUT2D eigenvalue weighted by Gasteiger charge is -2.11. The predicted molar refractivity (Wildman–Crippen MR) is 253 cm³/mol. The molecular weight excluding hydrogens is 789 g/mol. The highest BCUT2D eigenvalue weighted by Gasteiger charge is 2.15. The molecule has 0 amide bonds. The zero-order valence-corrected chi connectivity index (χ0v) is 37.0. The quantitative estimate of drug-likeness (QED) is 0.0430. The minimum atomic E-state index is -0.203. The Bertz CT molecular complexity index is 2200. The molecule has 0 spiro atoms. The zero-order chi connectivity index (χ0) is 44.8. The molecule has 0 saturated heterocycles. The number of unbranched alkanes of at least 4 members (excludes halogenated alkanes) is 10. The average Bonchev–Trinajstić information content (AvgIpc) is 3.31. The fourth-order valence-electron chi connectivity index (χ4n) is 7.18. The van der Waals surface area contributed by atoms with E-state index in [1.807, 2.05) is 54.6 Å². The number of carbonyl (C=O) groups excluding carboxylic acids is 2. The third-order valence-electron chi connectivity index (χ3n) is 10.9. The normalized spacial score (nSPS) is 10.7. The van der Waals surface area contributed by atoms with Crippen LogP contribution in [-0.2, 0) is 0 Å². The molecule has 0 saturated carbocycles. The van der Waals surface area contributed by atoms with Gasteiger partial charge in [-0.25, -0.2) is 0 Å². The third-order valence-corrected chi connectivity index (χ3v) is 10.9. The maximum absolute atomic E-state index is 13.2. The van der Waals surface area contributed by atoms with Crippen LogP contribution in [0.25, 0.3) is 22.3 Å². The minimum Gasteiger partial charge on any atom is -0.507 e. The smallest absolute Gasteiger partial charge is 0.196 e. The van der Waals surface area contributed by atoms with E-state index in [1.165, 1.54) is 64.5 Å². The van der Waals surface area contributed by atoms with Crippen LogP contribution in [0.4, 0.5) is 0 Å². The number of carbonyl (C=O) groups is 2. The number of ether oxygens (including phenoxy) is 3. The second kappa shape index (κ2) is 25.4. The van der Waals surface area contributed by atoms with E-state index in [4.69, 9.17) is 14.2 Å². The number of aromatic hydroxyl groups is 3. The number of hydrogen-bond donors (Lipinski definition) is 3. The summed E-state index contributed by atoms with van der Waals surface area (Å²) >= 11 is 0. The van der Waals surface area contributed by atoms with E-state index in [0.29, 0.717) is 58.3 Å². The lowest BCUT2D eigenvalue weighted by molar-refractivity contribution is 0.102. The van der Waals surface area contributed by atoms with E-state index in [0.717, 1.165) is 36.8 Å². The van der Waals surface area contributed by atoms with Crippen molar-refractivity contribution in [3.8, 4) is 56.8 Å². The minimum absolute atomic E-state index is 0.0711. The lowest BCUT2D eigenvalue weighted by atomic mass is 9.97. The molecule has 6 rings (SSSR count). The van der Waals surface area contributed by atoms with Crippen molar-refractivity contribution in [2.75, 3.05) is 20.3 Å². The molecule has 0 aliphatic heterocycles. The predicted octanol–water partition coefficient (Wildman–Crippen LogP) is 13.8. The Kier molecular flexibility index (Phi) is 19.2. The van der Waals surface area contributed by atoms with Gasteiger partial charge in [0.2, 0.25) is 0 Å². The number of ketones is 2. The van der Waals surface area contributed by atoms with Crippen LogP contribution in [0.15, 0.2) is 133 Å². The van der Waals surface area contributed by atoms with Crippen molar-refractivity contribution in [1.29, 1.82) is 0 Å². The zero-order valence-electron chi connectivity index (χ0n) is 37.0. The highest BCUT2D eigenvalue weighted by molar-refractivity contribution is 6.11. The molecule has 0 radical (unpaired) electrons. The van der Waals surface area contributed by atoms with E-state index >= 15 is 0 Å². The Morgan fingerprint density at radius 2 is 0.841 bits per heavy atom. The molecule has 0 bridgehead atoms. The first-order chi connectivity index (χ1) is 30.7. The SMILES string of the molecule is CCCCCCCCOc1ccc(-c2ccc(C(=O)c3ccc(-c4ccc(OCCCCCCCC)cc4O)cc3)cc2)c(O)c1.COc1ccc(C(=O)c2ccccc2)c(O)c1. The lowest BCUT2D eigenvalue weighted by Crippen LogP contribution is -2.01. The number of hydrogen-bond acceptors (Lipinski definition) is 8. The molecule has 0 aliphatic rings. The fourth-order valence-corrected chi connectivity index (χ4v) is 7.18. The molecule has 8 heteroatoms. The van der Waals surface area contributed by atoms with Crippen molar-refractivity contribution in [2.45, 2.75) is 90.9 Å². The molecular formula is C55H62O8. The Balaban J connectivity index is 0.000000366. The first-order valence-electron chi connectivity index (χ1n) is 22.4. The highest BCUT2D eigenvalue weighted by atomic mass is 16.5. The van der Waals surface area contributed by atoms with Gasteiger partial charge in [-0.1, -0.05) is 157 Å². The Morgan fingerprint density at radius 1 is 0.429 bits per heavy atom. The number of methoxy groups -OCH3 is 1. The van der Waals surface area contributed by atoms with Gasteiger partial charge in [0, 0.05) is 46.0 Å². The summed E-state index contributed by atoms with van der Waals surface area (Å²) in [6.07, 6.45) is 14.4. The van der Waals surface area contributed by atoms with Gasteiger partial charge in [0.15, 0.2) is 11.6 Å². The maximum atomic E-state index is 13.2. The first kappa shape index (κ1) is 47.5. The Labute approximate surface area is 373 Å². The molecule has 0 aliphatic carbocycles. The second-order valence-electron chi connectivity index (χ2n) is 15.7. The Morgan fingerprint density at radius 3 is 1.27 bits per heavy atom. The van der Waals surface area contributed by atoms with E-state index in [9.17, 15) is 24.9 Å². The molecule has 3 N–H and O–H groups in total. The Hall–Kier alpha value is -6.54. The van der Waals surface area contributed by atoms with Gasteiger partial charge < -0.3 is 29.5 Å². The van der Waals surface area contributed by atoms with E-state index in [2.05, 4.69) is 13.8 Å². The number of phenols is 3. The topological polar surface area (TPSA) is 123 Å². The van der Waals surface area contributed by atoms with E-state index in [-0.39, 0.29) is 34.4 Å².